The topological polar surface area (TPSA) is 37.3 Å². The van der Waals surface area contributed by atoms with E-state index in [-0.39, 0.29) is 11.7 Å². The van der Waals surface area contributed by atoms with Crippen molar-refractivity contribution in [2.45, 2.75) is 46.6 Å². The van der Waals surface area contributed by atoms with Crippen LogP contribution in [0.4, 0.5) is 0 Å². The zero-order valence-electron chi connectivity index (χ0n) is 8.50. The average molecular weight is 172 g/mol. The van der Waals surface area contributed by atoms with Crippen LogP contribution in [-0.4, -0.2) is 17.0 Å². The van der Waals surface area contributed by atoms with Crippen LogP contribution in [0.15, 0.2) is 0 Å². The quantitative estimate of drug-likeness (QED) is 0.688. The molecule has 2 heteroatoms. The molecular formula is C10H20O2. The van der Waals surface area contributed by atoms with Crippen molar-refractivity contribution in [2.75, 3.05) is 0 Å². The number of hydrogen-bond acceptors (Lipinski definition) is 2. The average Bonchev–Trinajstić information content (AvgIpc) is 1.84. The summed E-state index contributed by atoms with van der Waals surface area (Å²) in [5.74, 6) is 0.883. The lowest BCUT2D eigenvalue weighted by molar-refractivity contribution is -0.119. The smallest absolute Gasteiger partial charge is 0.132 e. The van der Waals surface area contributed by atoms with Crippen molar-refractivity contribution in [1.82, 2.24) is 0 Å². The summed E-state index contributed by atoms with van der Waals surface area (Å²) in [4.78, 5) is 10.7. The molecular weight excluding hydrogens is 152 g/mol. The minimum atomic E-state index is -0.454. The highest BCUT2D eigenvalue weighted by atomic mass is 16.3. The van der Waals surface area contributed by atoms with E-state index in [1.807, 2.05) is 6.92 Å². The molecule has 0 spiro atoms. The molecule has 1 N–H and O–H groups in total. The Bertz CT molecular complexity index is 141. The second-order valence-corrected chi connectivity index (χ2v) is 4.08. The molecule has 0 unspecified atom stereocenters. The lowest BCUT2D eigenvalue weighted by Gasteiger charge is -2.19. The Kier molecular flexibility index (Phi) is 5.14. The summed E-state index contributed by atoms with van der Waals surface area (Å²) < 4.78 is 0. The summed E-state index contributed by atoms with van der Waals surface area (Å²) >= 11 is 0. The summed E-state index contributed by atoms with van der Waals surface area (Å²) in [6.07, 6.45) is 0.826. The van der Waals surface area contributed by atoms with Crippen molar-refractivity contribution in [3.8, 4) is 0 Å². The van der Waals surface area contributed by atoms with E-state index in [0.717, 1.165) is 6.42 Å². The highest BCUT2D eigenvalue weighted by Crippen LogP contribution is 2.16. The first-order valence-corrected chi connectivity index (χ1v) is 4.61. The number of carbonyl (C=O) groups is 1. The molecule has 0 aromatic heterocycles. The molecule has 2 nitrogen and oxygen atoms in total. The largest absolute Gasteiger partial charge is 0.392 e. The standard InChI is InChI=1S/C10H20O2/c1-7(2)5-8(3)10(12)6-9(4)11/h7-8,10,12H,5-6H2,1-4H3/t8-,10-/m0/s1. The third-order valence-electron chi connectivity index (χ3n) is 2.00. The van der Waals surface area contributed by atoms with Crippen LogP contribution in [0.1, 0.15) is 40.5 Å². The molecule has 12 heavy (non-hydrogen) atoms. The van der Waals surface area contributed by atoms with Gasteiger partial charge in [-0.1, -0.05) is 20.8 Å². The van der Waals surface area contributed by atoms with Gasteiger partial charge >= 0.3 is 0 Å². The fourth-order valence-corrected chi connectivity index (χ4v) is 1.40. The maximum atomic E-state index is 10.7. The molecule has 0 aliphatic heterocycles. The van der Waals surface area contributed by atoms with Crippen molar-refractivity contribution >= 4 is 5.78 Å². The summed E-state index contributed by atoms with van der Waals surface area (Å²) in [7, 11) is 0. The Labute approximate surface area is 75.0 Å². The first-order chi connectivity index (χ1) is 5.43. The second-order valence-electron chi connectivity index (χ2n) is 4.08. The van der Waals surface area contributed by atoms with Gasteiger partial charge in [-0.15, -0.1) is 0 Å². The summed E-state index contributed by atoms with van der Waals surface area (Å²) in [6, 6.07) is 0. The molecule has 0 bridgehead atoms. The molecule has 0 heterocycles. The van der Waals surface area contributed by atoms with Gasteiger partial charge in [0.15, 0.2) is 0 Å². The van der Waals surface area contributed by atoms with E-state index in [1.54, 1.807) is 0 Å². The number of aliphatic hydroxyl groups excluding tert-OH is 1. The van der Waals surface area contributed by atoms with E-state index in [0.29, 0.717) is 12.3 Å². The van der Waals surface area contributed by atoms with Crippen LogP contribution in [0.3, 0.4) is 0 Å². The molecule has 72 valence electrons. The molecule has 0 rings (SSSR count). The number of rotatable bonds is 5. The molecule has 0 saturated heterocycles. The van der Waals surface area contributed by atoms with Gasteiger partial charge in [-0.2, -0.15) is 0 Å². The van der Waals surface area contributed by atoms with Crippen molar-refractivity contribution in [2.24, 2.45) is 11.8 Å². The van der Waals surface area contributed by atoms with E-state index in [1.165, 1.54) is 6.92 Å². The van der Waals surface area contributed by atoms with E-state index in [2.05, 4.69) is 13.8 Å². The van der Waals surface area contributed by atoms with Crippen LogP contribution >= 0.6 is 0 Å². The predicted octanol–water partition coefficient (Wildman–Crippen LogP) is 2.01. The summed E-state index contributed by atoms with van der Waals surface area (Å²) in [6.45, 7) is 7.76. The first-order valence-electron chi connectivity index (χ1n) is 4.61. The van der Waals surface area contributed by atoms with Gasteiger partial charge in [-0.05, 0) is 25.2 Å². The minimum Gasteiger partial charge on any atom is -0.392 e. The van der Waals surface area contributed by atoms with Gasteiger partial charge in [0.05, 0.1) is 6.10 Å². The van der Waals surface area contributed by atoms with Crippen molar-refractivity contribution in [3.05, 3.63) is 0 Å². The van der Waals surface area contributed by atoms with Crippen LogP contribution < -0.4 is 0 Å². The van der Waals surface area contributed by atoms with Gasteiger partial charge < -0.3 is 5.11 Å². The van der Waals surface area contributed by atoms with Gasteiger partial charge in [0, 0.05) is 6.42 Å². The van der Waals surface area contributed by atoms with E-state index in [9.17, 15) is 9.90 Å². The lowest BCUT2D eigenvalue weighted by Crippen LogP contribution is -2.21. The van der Waals surface area contributed by atoms with Crippen molar-refractivity contribution < 1.29 is 9.90 Å². The third-order valence-corrected chi connectivity index (χ3v) is 2.00. The SMILES string of the molecule is CC(=O)C[C@H](O)[C@@H](C)CC(C)C. The Morgan fingerprint density at radius 3 is 2.17 bits per heavy atom. The molecule has 0 aromatic rings. The molecule has 0 aromatic carbocycles. The first kappa shape index (κ1) is 11.6. The van der Waals surface area contributed by atoms with Crippen LogP contribution in [0.25, 0.3) is 0 Å². The van der Waals surface area contributed by atoms with Gasteiger partial charge in [0.2, 0.25) is 0 Å². The third kappa shape index (κ3) is 5.30. The van der Waals surface area contributed by atoms with E-state index in [4.69, 9.17) is 0 Å². The molecule has 0 saturated carbocycles. The molecule has 0 amide bonds. The molecule has 0 radical (unpaired) electrons. The second kappa shape index (κ2) is 5.31. The minimum absolute atomic E-state index is 0.0677. The van der Waals surface area contributed by atoms with Crippen LogP contribution in [0, 0.1) is 11.8 Å². The van der Waals surface area contributed by atoms with Crippen LogP contribution in [0.2, 0.25) is 0 Å². The Morgan fingerprint density at radius 1 is 1.33 bits per heavy atom. The maximum Gasteiger partial charge on any atom is 0.132 e. The van der Waals surface area contributed by atoms with E-state index >= 15 is 0 Å². The van der Waals surface area contributed by atoms with Crippen molar-refractivity contribution in [3.63, 3.8) is 0 Å². The summed E-state index contributed by atoms with van der Waals surface area (Å²) in [5.41, 5.74) is 0. The summed E-state index contributed by atoms with van der Waals surface area (Å²) in [5, 5.41) is 9.52. The molecule has 0 aliphatic carbocycles. The zero-order chi connectivity index (χ0) is 9.72. The predicted molar refractivity (Wildman–Crippen MR) is 49.9 cm³/mol. The van der Waals surface area contributed by atoms with Gasteiger partial charge in [0.25, 0.3) is 0 Å². The van der Waals surface area contributed by atoms with Crippen LogP contribution in [0.5, 0.6) is 0 Å². The number of carbonyl (C=O) groups excluding carboxylic acids is 1. The normalized spacial score (nSPS) is 16.2. The molecule has 0 aliphatic rings. The molecule has 2 atom stereocenters. The Morgan fingerprint density at radius 2 is 1.83 bits per heavy atom. The Hall–Kier alpha value is -0.370. The van der Waals surface area contributed by atoms with Crippen LogP contribution in [-0.2, 0) is 4.79 Å². The highest BCUT2D eigenvalue weighted by molar-refractivity contribution is 5.75. The zero-order valence-corrected chi connectivity index (χ0v) is 8.50. The Balaban J connectivity index is 3.76. The fourth-order valence-electron chi connectivity index (χ4n) is 1.40. The number of ketones is 1. The van der Waals surface area contributed by atoms with Crippen molar-refractivity contribution in [1.29, 1.82) is 0 Å². The lowest BCUT2D eigenvalue weighted by atomic mass is 9.91. The molecule has 0 fully saturated rings. The van der Waals surface area contributed by atoms with Gasteiger partial charge in [0.1, 0.15) is 5.78 Å². The highest BCUT2D eigenvalue weighted by Gasteiger charge is 2.16. The number of aliphatic hydroxyl groups is 1. The monoisotopic (exact) mass is 172 g/mol. The number of hydrogen-bond donors (Lipinski definition) is 1. The fraction of sp³-hybridized carbons (Fsp3) is 0.900. The maximum absolute atomic E-state index is 10.7. The number of Topliss-reactive ketones (excluding diaryl/α,β-unsaturated/α-hetero) is 1. The van der Waals surface area contributed by atoms with E-state index < -0.39 is 6.10 Å². The van der Waals surface area contributed by atoms with Gasteiger partial charge in [-0.3, -0.25) is 4.79 Å². The van der Waals surface area contributed by atoms with Gasteiger partial charge in [-0.25, -0.2) is 0 Å².